The molecule has 27 heavy (non-hydrogen) atoms. The summed E-state index contributed by atoms with van der Waals surface area (Å²) in [5.41, 5.74) is 10.2. The number of carbonyl (C=O) groups is 2. The van der Waals surface area contributed by atoms with Crippen LogP contribution in [0.15, 0.2) is 42.5 Å². The molecule has 0 bridgehead atoms. The van der Waals surface area contributed by atoms with E-state index in [-0.39, 0.29) is 36.6 Å². The third-order valence-electron chi connectivity index (χ3n) is 4.80. The second kappa shape index (κ2) is 8.91. The van der Waals surface area contributed by atoms with Crippen LogP contribution in [0.2, 0.25) is 0 Å². The zero-order valence-electron chi connectivity index (χ0n) is 15.7. The molecule has 2 amide bonds. The third kappa shape index (κ3) is 4.80. The standard InChI is InChI=1S/C21H25N3O2.ClH/c1-3-4-15-6-9-18(10-7-15)24-13-16(11-20(24)25)21(26)23-19-12-17(22)8-5-14(19)2;/h5-10,12,16H,3-4,11,13,22H2,1-2H3,(H,23,26);1H. The lowest BCUT2D eigenvalue weighted by Gasteiger charge is -2.17. The summed E-state index contributed by atoms with van der Waals surface area (Å²) in [7, 11) is 0. The Morgan fingerprint density at radius 1 is 1.22 bits per heavy atom. The van der Waals surface area contributed by atoms with Crippen molar-refractivity contribution in [3.05, 3.63) is 53.6 Å². The smallest absolute Gasteiger partial charge is 0.229 e. The Morgan fingerprint density at radius 3 is 2.59 bits per heavy atom. The van der Waals surface area contributed by atoms with Crippen LogP contribution in [0.5, 0.6) is 0 Å². The molecule has 6 heteroatoms. The molecule has 0 aliphatic carbocycles. The van der Waals surface area contributed by atoms with E-state index in [9.17, 15) is 9.59 Å². The predicted molar refractivity (Wildman–Crippen MR) is 112 cm³/mol. The maximum Gasteiger partial charge on any atom is 0.229 e. The van der Waals surface area contributed by atoms with Crippen molar-refractivity contribution in [1.82, 2.24) is 0 Å². The van der Waals surface area contributed by atoms with E-state index in [0.29, 0.717) is 17.9 Å². The summed E-state index contributed by atoms with van der Waals surface area (Å²) in [6.45, 7) is 4.46. The minimum Gasteiger partial charge on any atom is -0.399 e. The Morgan fingerprint density at radius 2 is 1.93 bits per heavy atom. The van der Waals surface area contributed by atoms with Gasteiger partial charge in [0.15, 0.2) is 0 Å². The lowest BCUT2D eigenvalue weighted by atomic mass is 10.1. The lowest BCUT2D eigenvalue weighted by molar-refractivity contribution is -0.122. The Hall–Kier alpha value is -2.53. The molecule has 0 radical (unpaired) electrons. The molecule has 1 atom stereocenters. The Kier molecular flexibility index (Phi) is 6.86. The largest absolute Gasteiger partial charge is 0.399 e. The SMILES string of the molecule is CCCc1ccc(N2CC(C(=O)Nc3cc(N)ccc3C)CC2=O)cc1.Cl. The van der Waals surface area contributed by atoms with Crippen LogP contribution in [0.25, 0.3) is 0 Å². The fraction of sp³-hybridized carbons (Fsp3) is 0.333. The molecule has 144 valence electrons. The van der Waals surface area contributed by atoms with Crippen molar-refractivity contribution in [2.24, 2.45) is 5.92 Å². The number of nitrogens with one attached hydrogen (secondary N) is 1. The molecule has 0 spiro atoms. The topological polar surface area (TPSA) is 75.4 Å². The number of hydrogen-bond donors (Lipinski definition) is 2. The molecular weight excluding hydrogens is 362 g/mol. The van der Waals surface area contributed by atoms with Gasteiger partial charge in [-0.15, -0.1) is 12.4 Å². The second-order valence-electron chi connectivity index (χ2n) is 6.89. The number of aryl methyl sites for hydroxylation is 2. The van der Waals surface area contributed by atoms with E-state index >= 15 is 0 Å². The number of anilines is 3. The molecular formula is C21H26ClN3O2. The average molecular weight is 388 g/mol. The highest BCUT2D eigenvalue weighted by molar-refractivity contribution is 6.03. The van der Waals surface area contributed by atoms with Crippen molar-refractivity contribution in [2.75, 3.05) is 22.5 Å². The fourth-order valence-electron chi connectivity index (χ4n) is 3.27. The van der Waals surface area contributed by atoms with Crippen molar-refractivity contribution in [2.45, 2.75) is 33.1 Å². The average Bonchev–Trinajstić information content (AvgIpc) is 3.01. The first-order valence-corrected chi connectivity index (χ1v) is 9.04. The van der Waals surface area contributed by atoms with E-state index in [0.717, 1.165) is 24.1 Å². The highest BCUT2D eigenvalue weighted by Gasteiger charge is 2.35. The van der Waals surface area contributed by atoms with E-state index in [4.69, 9.17) is 5.73 Å². The summed E-state index contributed by atoms with van der Waals surface area (Å²) in [5.74, 6) is -0.520. The normalized spacial score (nSPS) is 16.1. The zero-order valence-corrected chi connectivity index (χ0v) is 16.5. The number of hydrogen-bond acceptors (Lipinski definition) is 3. The zero-order chi connectivity index (χ0) is 18.7. The number of benzene rings is 2. The Labute approximate surface area is 166 Å². The lowest BCUT2D eigenvalue weighted by Crippen LogP contribution is -2.28. The molecule has 1 aliphatic heterocycles. The molecule has 1 saturated heterocycles. The molecule has 1 unspecified atom stereocenters. The van der Waals surface area contributed by atoms with Gasteiger partial charge in [0.2, 0.25) is 11.8 Å². The van der Waals surface area contributed by atoms with Crippen LogP contribution in [0.3, 0.4) is 0 Å². The molecule has 1 aliphatic rings. The fourth-order valence-corrected chi connectivity index (χ4v) is 3.27. The maximum absolute atomic E-state index is 12.6. The number of nitrogens with two attached hydrogens (primary N) is 1. The highest BCUT2D eigenvalue weighted by Crippen LogP contribution is 2.27. The van der Waals surface area contributed by atoms with Gasteiger partial charge in [-0.2, -0.15) is 0 Å². The van der Waals surface area contributed by atoms with Crippen molar-refractivity contribution >= 4 is 41.3 Å². The number of rotatable bonds is 5. The van der Waals surface area contributed by atoms with Crippen LogP contribution in [-0.2, 0) is 16.0 Å². The number of amides is 2. The summed E-state index contributed by atoms with van der Waals surface area (Å²) in [6.07, 6.45) is 2.34. The Bertz CT molecular complexity index is 821. The van der Waals surface area contributed by atoms with E-state index in [2.05, 4.69) is 24.4 Å². The van der Waals surface area contributed by atoms with Gasteiger partial charge in [-0.1, -0.05) is 31.5 Å². The second-order valence-corrected chi connectivity index (χ2v) is 6.89. The molecule has 5 nitrogen and oxygen atoms in total. The molecule has 1 heterocycles. The van der Waals surface area contributed by atoms with Crippen molar-refractivity contribution in [3.63, 3.8) is 0 Å². The van der Waals surface area contributed by atoms with Crippen LogP contribution in [0.1, 0.15) is 30.9 Å². The van der Waals surface area contributed by atoms with Gasteiger partial charge in [0.1, 0.15) is 0 Å². The van der Waals surface area contributed by atoms with Gasteiger partial charge in [0.05, 0.1) is 5.92 Å². The molecule has 3 rings (SSSR count). The number of carbonyl (C=O) groups excluding carboxylic acids is 2. The van der Waals surface area contributed by atoms with Gasteiger partial charge < -0.3 is 16.0 Å². The van der Waals surface area contributed by atoms with Gasteiger partial charge in [0, 0.05) is 30.0 Å². The van der Waals surface area contributed by atoms with E-state index < -0.39 is 0 Å². The predicted octanol–water partition coefficient (Wildman–Crippen LogP) is 3.94. The van der Waals surface area contributed by atoms with Crippen molar-refractivity contribution in [1.29, 1.82) is 0 Å². The summed E-state index contributed by atoms with van der Waals surface area (Å²) in [5, 5.41) is 2.91. The van der Waals surface area contributed by atoms with E-state index in [1.54, 1.807) is 17.0 Å². The number of halogens is 1. The molecule has 0 saturated carbocycles. The Balaban J connectivity index is 0.00000261. The van der Waals surface area contributed by atoms with Crippen LogP contribution < -0.4 is 16.0 Å². The minimum absolute atomic E-state index is 0. The summed E-state index contributed by atoms with van der Waals surface area (Å²) in [6, 6.07) is 13.4. The van der Waals surface area contributed by atoms with Crippen LogP contribution in [-0.4, -0.2) is 18.4 Å². The summed E-state index contributed by atoms with van der Waals surface area (Å²) in [4.78, 5) is 26.7. The van der Waals surface area contributed by atoms with Crippen molar-refractivity contribution in [3.8, 4) is 0 Å². The number of nitrogens with zero attached hydrogens (tertiary/aromatic N) is 1. The molecule has 1 fully saturated rings. The minimum atomic E-state index is -0.362. The first-order valence-electron chi connectivity index (χ1n) is 9.04. The molecule has 2 aromatic carbocycles. The quantitative estimate of drug-likeness (QED) is 0.763. The van der Waals surface area contributed by atoms with Crippen molar-refractivity contribution < 1.29 is 9.59 Å². The van der Waals surface area contributed by atoms with Crippen LogP contribution in [0, 0.1) is 12.8 Å². The third-order valence-corrected chi connectivity index (χ3v) is 4.80. The van der Waals surface area contributed by atoms with Gasteiger partial charge in [0.25, 0.3) is 0 Å². The van der Waals surface area contributed by atoms with Gasteiger partial charge in [-0.3, -0.25) is 9.59 Å². The number of nitrogen functional groups attached to an aromatic ring is 1. The van der Waals surface area contributed by atoms with E-state index in [1.165, 1.54) is 5.56 Å². The van der Waals surface area contributed by atoms with Crippen LogP contribution in [0.4, 0.5) is 17.1 Å². The summed E-state index contributed by atoms with van der Waals surface area (Å²) >= 11 is 0. The molecule has 0 aromatic heterocycles. The molecule has 2 aromatic rings. The molecule has 3 N–H and O–H groups in total. The van der Waals surface area contributed by atoms with E-state index in [1.807, 2.05) is 25.1 Å². The monoisotopic (exact) mass is 387 g/mol. The van der Waals surface area contributed by atoms with Gasteiger partial charge in [-0.05, 0) is 48.7 Å². The van der Waals surface area contributed by atoms with Gasteiger partial charge in [-0.25, -0.2) is 0 Å². The van der Waals surface area contributed by atoms with Crippen LogP contribution >= 0.6 is 12.4 Å². The summed E-state index contributed by atoms with van der Waals surface area (Å²) < 4.78 is 0. The first kappa shape index (κ1) is 20.8. The highest BCUT2D eigenvalue weighted by atomic mass is 35.5. The first-order chi connectivity index (χ1) is 12.5. The maximum atomic E-state index is 12.6. The van der Waals surface area contributed by atoms with Gasteiger partial charge >= 0.3 is 0 Å².